The van der Waals surface area contributed by atoms with Gasteiger partial charge in [0.25, 0.3) is 5.91 Å². The highest BCUT2D eigenvalue weighted by Crippen LogP contribution is 2.19. The Morgan fingerprint density at radius 1 is 1.04 bits per heavy atom. The predicted molar refractivity (Wildman–Crippen MR) is 102 cm³/mol. The summed E-state index contributed by atoms with van der Waals surface area (Å²) in [5.74, 6) is -1.00. The van der Waals surface area contributed by atoms with E-state index < -0.39 is 21.9 Å². The Morgan fingerprint density at radius 3 is 2.43 bits per heavy atom. The van der Waals surface area contributed by atoms with Crippen LogP contribution in [0, 0.1) is 0 Å². The van der Waals surface area contributed by atoms with Crippen molar-refractivity contribution in [3.05, 3.63) is 59.7 Å². The summed E-state index contributed by atoms with van der Waals surface area (Å²) in [6.45, 7) is 1.24. The zero-order valence-corrected chi connectivity index (χ0v) is 16.1. The molecule has 2 aromatic carbocycles. The molecule has 8 nitrogen and oxygen atoms in total. The summed E-state index contributed by atoms with van der Waals surface area (Å²) < 4.78 is 36.7. The van der Waals surface area contributed by atoms with Crippen LogP contribution in [0.2, 0.25) is 0 Å². The fraction of sp³-hybridized carbons (Fsp3) is 0.263. The molecule has 0 spiro atoms. The third-order valence-electron chi connectivity index (χ3n) is 4.25. The summed E-state index contributed by atoms with van der Waals surface area (Å²) in [6.07, 6.45) is 0. The van der Waals surface area contributed by atoms with Crippen LogP contribution in [-0.4, -0.2) is 58.0 Å². The minimum absolute atomic E-state index is 0.0466. The van der Waals surface area contributed by atoms with Gasteiger partial charge in [-0.1, -0.05) is 12.1 Å². The molecule has 1 heterocycles. The minimum Gasteiger partial charge on any atom is -0.465 e. The molecule has 28 heavy (non-hydrogen) atoms. The van der Waals surface area contributed by atoms with Gasteiger partial charge < -0.3 is 14.8 Å². The monoisotopic (exact) mass is 404 g/mol. The lowest BCUT2D eigenvalue weighted by molar-refractivity contribution is 0.0600. The third-order valence-corrected chi connectivity index (χ3v) is 6.14. The van der Waals surface area contributed by atoms with Gasteiger partial charge in [0.1, 0.15) is 0 Å². The van der Waals surface area contributed by atoms with Crippen molar-refractivity contribution < 1.29 is 27.5 Å². The van der Waals surface area contributed by atoms with E-state index >= 15 is 0 Å². The van der Waals surface area contributed by atoms with Crippen LogP contribution in [0.15, 0.2) is 53.4 Å². The quantitative estimate of drug-likeness (QED) is 0.762. The second-order valence-corrected chi connectivity index (χ2v) is 8.01. The average molecular weight is 404 g/mol. The molecule has 1 saturated heterocycles. The van der Waals surface area contributed by atoms with Crippen molar-refractivity contribution in [3.63, 3.8) is 0 Å². The number of carbonyl (C=O) groups is 2. The molecule has 0 aliphatic carbocycles. The lowest BCUT2D eigenvalue weighted by Gasteiger charge is -2.26. The van der Waals surface area contributed by atoms with E-state index in [1.807, 2.05) is 0 Å². The van der Waals surface area contributed by atoms with E-state index in [1.54, 1.807) is 18.2 Å². The topological polar surface area (TPSA) is 102 Å². The van der Waals surface area contributed by atoms with E-state index in [0.717, 1.165) is 0 Å². The zero-order chi connectivity index (χ0) is 20.1. The summed E-state index contributed by atoms with van der Waals surface area (Å²) in [6, 6.07) is 12.1. The Bertz CT molecular complexity index is 983. The lowest BCUT2D eigenvalue weighted by Crippen LogP contribution is -2.40. The highest BCUT2D eigenvalue weighted by molar-refractivity contribution is 7.89. The summed E-state index contributed by atoms with van der Waals surface area (Å²) in [7, 11) is -2.43. The summed E-state index contributed by atoms with van der Waals surface area (Å²) >= 11 is 0. The van der Waals surface area contributed by atoms with Crippen LogP contribution in [0.1, 0.15) is 20.7 Å². The van der Waals surface area contributed by atoms with Crippen molar-refractivity contribution in [2.24, 2.45) is 0 Å². The smallest absolute Gasteiger partial charge is 0.337 e. The van der Waals surface area contributed by atoms with Crippen molar-refractivity contribution in [1.82, 2.24) is 4.31 Å². The maximum atomic E-state index is 12.8. The molecule has 1 aliphatic rings. The predicted octanol–water partition coefficient (Wildman–Crippen LogP) is 1.75. The number of nitrogens with one attached hydrogen (secondary N) is 1. The van der Waals surface area contributed by atoms with Crippen molar-refractivity contribution in [2.45, 2.75) is 4.90 Å². The van der Waals surface area contributed by atoms with Gasteiger partial charge in [-0.3, -0.25) is 4.79 Å². The van der Waals surface area contributed by atoms with Crippen molar-refractivity contribution in [3.8, 4) is 0 Å². The van der Waals surface area contributed by atoms with Gasteiger partial charge in [0, 0.05) is 24.3 Å². The van der Waals surface area contributed by atoms with Gasteiger partial charge in [-0.05, 0) is 36.4 Å². The lowest BCUT2D eigenvalue weighted by atomic mass is 10.1. The number of benzene rings is 2. The maximum absolute atomic E-state index is 12.8. The maximum Gasteiger partial charge on any atom is 0.337 e. The molecule has 2 aromatic rings. The number of ether oxygens (including phenoxy) is 2. The van der Waals surface area contributed by atoms with E-state index in [0.29, 0.717) is 24.5 Å². The summed E-state index contributed by atoms with van der Waals surface area (Å²) in [5, 5.41) is 2.66. The molecule has 1 fully saturated rings. The van der Waals surface area contributed by atoms with Gasteiger partial charge >= 0.3 is 5.97 Å². The fourth-order valence-electron chi connectivity index (χ4n) is 2.78. The molecule has 148 valence electrons. The van der Waals surface area contributed by atoms with Gasteiger partial charge in [0.05, 0.1) is 30.8 Å². The Balaban J connectivity index is 1.80. The number of morpholine rings is 1. The first-order valence-corrected chi connectivity index (χ1v) is 10.0. The van der Waals surface area contributed by atoms with Crippen LogP contribution in [0.5, 0.6) is 0 Å². The zero-order valence-electron chi connectivity index (χ0n) is 15.3. The van der Waals surface area contributed by atoms with Gasteiger partial charge in [0.2, 0.25) is 10.0 Å². The Morgan fingerprint density at radius 2 is 1.71 bits per heavy atom. The van der Waals surface area contributed by atoms with E-state index in [9.17, 15) is 18.0 Å². The summed E-state index contributed by atoms with van der Waals surface area (Å²) in [5.41, 5.74) is 0.885. The van der Waals surface area contributed by atoms with E-state index in [4.69, 9.17) is 4.74 Å². The Kier molecular flexibility index (Phi) is 6.08. The van der Waals surface area contributed by atoms with Crippen LogP contribution in [-0.2, 0) is 19.5 Å². The van der Waals surface area contributed by atoms with Gasteiger partial charge in [-0.2, -0.15) is 4.31 Å². The van der Waals surface area contributed by atoms with Gasteiger partial charge in [-0.25, -0.2) is 13.2 Å². The number of carbonyl (C=O) groups excluding carboxylic acids is 2. The van der Waals surface area contributed by atoms with Gasteiger partial charge in [-0.15, -0.1) is 0 Å². The van der Waals surface area contributed by atoms with Gasteiger partial charge in [0.15, 0.2) is 0 Å². The van der Waals surface area contributed by atoms with E-state index in [-0.39, 0.29) is 23.5 Å². The number of methoxy groups -OCH3 is 1. The number of hydrogen-bond acceptors (Lipinski definition) is 6. The van der Waals surface area contributed by atoms with Crippen LogP contribution in [0.3, 0.4) is 0 Å². The largest absolute Gasteiger partial charge is 0.465 e. The van der Waals surface area contributed by atoms with E-state index in [1.165, 1.54) is 41.7 Å². The number of rotatable bonds is 5. The fourth-order valence-corrected chi connectivity index (χ4v) is 4.23. The molecule has 1 aliphatic heterocycles. The molecule has 0 aromatic heterocycles. The van der Waals surface area contributed by atoms with Crippen LogP contribution >= 0.6 is 0 Å². The molecule has 0 bridgehead atoms. The number of amides is 1. The highest BCUT2D eigenvalue weighted by Gasteiger charge is 2.26. The number of anilines is 1. The average Bonchev–Trinajstić information content (AvgIpc) is 2.74. The molecule has 1 N–H and O–H groups in total. The minimum atomic E-state index is -3.70. The standard InChI is InChI=1S/C19H20N2O6S/c1-26-19(23)15-5-2-6-16(12-15)20-18(22)14-4-3-7-17(13-14)28(24,25)21-8-10-27-11-9-21/h2-7,12-13H,8-11H2,1H3,(H,20,22). The normalized spacial score (nSPS) is 15.0. The van der Waals surface area contributed by atoms with Crippen LogP contribution in [0.4, 0.5) is 5.69 Å². The molecule has 0 saturated carbocycles. The first-order valence-electron chi connectivity index (χ1n) is 8.59. The molecule has 1 amide bonds. The molecular weight excluding hydrogens is 384 g/mol. The molecule has 0 radical (unpaired) electrons. The van der Waals surface area contributed by atoms with Crippen LogP contribution in [0.25, 0.3) is 0 Å². The second-order valence-electron chi connectivity index (χ2n) is 6.07. The SMILES string of the molecule is COC(=O)c1cccc(NC(=O)c2cccc(S(=O)(=O)N3CCOCC3)c2)c1. The summed E-state index contributed by atoms with van der Waals surface area (Å²) in [4.78, 5) is 24.2. The molecule has 9 heteroatoms. The molecule has 0 atom stereocenters. The third kappa shape index (κ3) is 4.38. The number of nitrogens with zero attached hydrogens (tertiary/aromatic N) is 1. The highest BCUT2D eigenvalue weighted by atomic mass is 32.2. The van der Waals surface area contributed by atoms with Crippen molar-refractivity contribution in [1.29, 1.82) is 0 Å². The molecule has 3 rings (SSSR count). The first-order chi connectivity index (χ1) is 13.4. The Labute approximate surface area is 163 Å². The Hall–Kier alpha value is -2.75. The van der Waals surface area contributed by atoms with Crippen molar-refractivity contribution in [2.75, 3.05) is 38.7 Å². The second kappa shape index (κ2) is 8.51. The van der Waals surface area contributed by atoms with Crippen molar-refractivity contribution >= 4 is 27.6 Å². The first kappa shape index (κ1) is 20.0. The number of sulfonamides is 1. The molecular formula is C19H20N2O6S. The van der Waals surface area contributed by atoms with E-state index in [2.05, 4.69) is 10.1 Å². The number of esters is 1. The number of hydrogen-bond donors (Lipinski definition) is 1. The van der Waals surface area contributed by atoms with Crippen LogP contribution < -0.4 is 5.32 Å². The molecule has 0 unspecified atom stereocenters.